The van der Waals surface area contributed by atoms with Crippen LogP contribution < -0.4 is 0 Å². The molecule has 0 aromatic rings. The van der Waals surface area contributed by atoms with E-state index in [4.69, 9.17) is 37.0 Å². The van der Waals surface area contributed by atoms with Gasteiger partial charge in [-0.25, -0.2) is 9.13 Å². The lowest BCUT2D eigenvalue weighted by atomic mass is 10.0. The van der Waals surface area contributed by atoms with Crippen molar-refractivity contribution >= 4 is 39.5 Å². The largest absolute Gasteiger partial charge is 0.472 e. The molecule has 3 N–H and O–H groups in total. The Hall–Kier alpha value is -2.46. The second-order valence-corrected chi connectivity index (χ2v) is 31.2. The number of unbranched alkanes of at least 4 members (excludes halogenated alkanes) is 46. The Kier molecular flexibility index (Phi) is 69.7. The summed E-state index contributed by atoms with van der Waals surface area (Å²) in [5.74, 6) is -1.33. The van der Waals surface area contributed by atoms with Crippen LogP contribution in [-0.2, 0) is 65.4 Å². The van der Waals surface area contributed by atoms with Gasteiger partial charge in [0, 0.05) is 25.7 Å². The van der Waals surface area contributed by atoms with Gasteiger partial charge < -0.3 is 33.8 Å². The molecule has 2 unspecified atom stereocenters. The van der Waals surface area contributed by atoms with Crippen molar-refractivity contribution in [3.05, 3.63) is 24.3 Å². The Morgan fingerprint density at radius 2 is 0.551 bits per heavy atom. The molecule has 0 aromatic heterocycles. The number of esters is 4. The maximum Gasteiger partial charge on any atom is 0.472 e. The molecule has 0 rings (SSSR count). The number of phosphoric acid groups is 2. The molecular weight excluding hydrogens is 1280 g/mol. The highest BCUT2D eigenvalue weighted by Crippen LogP contribution is 2.45. The topological polar surface area (TPSA) is 237 Å². The molecule has 0 amide bonds. The van der Waals surface area contributed by atoms with Crippen LogP contribution in [0, 0.1) is 5.92 Å². The zero-order valence-electron chi connectivity index (χ0n) is 63.4. The van der Waals surface area contributed by atoms with Gasteiger partial charge in [-0.1, -0.05) is 341 Å². The fraction of sp³-hybridized carbons (Fsp3) is 0.899. The number of rotatable bonds is 77. The Labute approximate surface area is 599 Å². The predicted octanol–water partition coefficient (Wildman–Crippen LogP) is 23.2. The molecule has 0 fully saturated rings. The Bertz CT molecular complexity index is 1970. The van der Waals surface area contributed by atoms with Gasteiger partial charge in [0.25, 0.3) is 0 Å². The monoisotopic (exact) mass is 1430 g/mol. The van der Waals surface area contributed by atoms with E-state index in [9.17, 15) is 43.2 Å². The van der Waals surface area contributed by atoms with Gasteiger partial charge >= 0.3 is 39.5 Å². The van der Waals surface area contributed by atoms with Crippen LogP contribution in [0.1, 0.15) is 394 Å². The minimum absolute atomic E-state index is 0.101. The molecule has 0 radical (unpaired) electrons. The number of carbonyl (C=O) groups excluding carboxylic acids is 4. The first-order valence-electron chi connectivity index (χ1n) is 40.5. The van der Waals surface area contributed by atoms with Crippen LogP contribution in [-0.4, -0.2) is 96.7 Å². The van der Waals surface area contributed by atoms with Crippen molar-refractivity contribution in [1.29, 1.82) is 0 Å². The molecule has 98 heavy (non-hydrogen) atoms. The van der Waals surface area contributed by atoms with Gasteiger partial charge in [-0.3, -0.25) is 37.3 Å². The fourth-order valence-electron chi connectivity index (χ4n) is 11.7. The van der Waals surface area contributed by atoms with Crippen LogP contribution in [0.2, 0.25) is 0 Å². The zero-order valence-corrected chi connectivity index (χ0v) is 65.2. The molecule has 0 bridgehead atoms. The highest BCUT2D eigenvalue weighted by Gasteiger charge is 2.30. The number of hydrogen-bond acceptors (Lipinski definition) is 15. The second kappa shape index (κ2) is 71.5. The summed E-state index contributed by atoms with van der Waals surface area (Å²) in [4.78, 5) is 72.9. The van der Waals surface area contributed by atoms with Gasteiger partial charge in [0.15, 0.2) is 12.2 Å². The van der Waals surface area contributed by atoms with E-state index in [0.717, 1.165) is 115 Å². The molecule has 0 aromatic carbocycles. The summed E-state index contributed by atoms with van der Waals surface area (Å²) < 4.78 is 68.6. The Balaban J connectivity index is 5.25. The maximum atomic E-state index is 13.1. The normalized spacial score (nSPS) is 14.1. The van der Waals surface area contributed by atoms with Crippen LogP contribution in [0.15, 0.2) is 24.3 Å². The molecule has 0 aliphatic heterocycles. The summed E-state index contributed by atoms with van der Waals surface area (Å²) in [6.45, 7) is 7.27. The summed E-state index contributed by atoms with van der Waals surface area (Å²) in [6.07, 6.45) is 64.6. The molecule has 0 saturated carbocycles. The first-order valence-corrected chi connectivity index (χ1v) is 43.4. The first kappa shape index (κ1) is 95.5. The van der Waals surface area contributed by atoms with Crippen molar-refractivity contribution < 1.29 is 80.2 Å². The van der Waals surface area contributed by atoms with Gasteiger partial charge in [0.1, 0.15) is 19.3 Å². The number of aliphatic hydroxyl groups excluding tert-OH is 1. The minimum Gasteiger partial charge on any atom is -0.462 e. The highest BCUT2D eigenvalue weighted by molar-refractivity contribution is 7.47. The quantitative estimate of drug-likeness (QED) is 0.0169. The van der Waals surface area contributed by atoms with E-state index < -0.39 is 97.5 Å². The molecule has 5 atom stereocenters. The summed E-state index contributed by atoms with van der Waals surface area (Å²) in [5.41, 5.74) is 0. The third-order valence-corrected chi connectivity index (χ3v) is 19.8. The van der Waals surface area contributed by atoms with Crippen LogP contribution in [0.3, 0.4) is 0 Å². The van der Waals surface area contributed by atoms with Crippen molar-refractivity contribution in [3.63, 3.8) is 0 Å². The number of phosphoric ester groups is 2. The third-order valence-electron chi connectivity index (χ3n) is 17.9. The SMILES string of the molecule is CCCCCC/C=C\C=C/CCCCCCCC(=O)OC[C@H](COP(=O)(O)OC[C@@H](O)COP(=O)(O)OC[C@@H](COC(=O)CCCCCCCCCCC)OC(=O)CCCCCCCCCCCCCCCCC)OC(=O)CCCCCCCCCCCCCCCCCCC(C)C. The zero-order chi connectivity index (χ0) is 71.9. The highest BCUT2D eigenvalue weighted by atomic mass is 31.2. The van der Waals surface area contributed by atoms with E-state index in [-0.39, 0.29) is 25.7 Å². The van der Waals surface area contributed by atoms with Crippen molar-refractivity contribution in [3.8, 4) is 0 Å². The molecule has 0 spiro atoms. The van der Waals surface area contributed by atoms with E-state index in [2.05, 4.69) is 58.9 Å². The lowest BCUT2D eigenvalue weighted by molar-refractivity contribution is -0.161. The number of aliphatic hydroxyl groups is 1. The van der Waals surface area contributed by atoms with Crippen LogP contribution in [0.5, 0.6) is 0 Å². The smallest absolute Gasteiger partial charge is 0.462 e. The fourth-order valence-corrected chi connectivity index (χ4v) is 13.3. The molecule has 0 saturated heterocycles. The van der Waals surface area contributed by atoms with Crippen molar-refractivity contribution in [2.24, 2.45) is 5.92 Å². The number of ether oxygens (including phenoxy) is 4. The van der Waals surface area contributed by atoms with E-state index in [1.807, 2.05) is 0 Å². The number of hydrogen-bond donors (Lipinski definition) is 3. The average molecular weight is 1430 g/mol. The summed E-state index contributed by atoms with van der Waals surface area (Å²) in [6, 6.07) is 0. The average Bonchev–Trinajstić information content (AvgIpc) is 1.08. The Morgan fingerprint density at radius 3 is 0.837 bits per heavy atom. The van der Waals surface area contributed by atoms with Gasteiger partial charge in [-0.05, 0) is 57.3 Å². The molecule has 578 valence electrons. The van der Waals surface area contributed by atoms with Gasteiger partial charge in [-0.15, -0.1) is 0 Å². The van der Waals surface area contributed by atoms with Crippen LogP contribution >= 0.6 is 15.6 Å². The predicted molar refractivity (Wildman–Crippen MR) is 400 cm³/mol. The van der Waals surface area contributed by atoms with E-state index in [0.29, 0.717) is 25.7 Å². The second-order valence-electron chi connectivity index (χ2n) is 28.2. The van der Waals surface area contributed by atoms with Crippen LogP contribution in [0.25, 0.3) is 0 Å². The number of allylic oxidation sites excluding steroid dienone is 4. The lowest BCUT2D eigenvalue weighted by Gasteiger charge is -2.21. The van der Waals surface area contributed by atoms with Crippen molar-refractivity contribution in [2.45, 2.75) is 412 Å². The van der Waals surface area contributed by atoms with Gasteiger partial charge in [0.05, 0.1) is 26.4 Å². The molecule has 17 nitrogen and oxygen atoms in total. The van der Waals surface area contributed by atoms with Crippen LogP contribution in [0.4, 0.5) is 0 Å². The van der Waals surface area contributed by atoms with E-state index >= 15 is 0 Å². The Morgan fingerprint density at radius 1 is 0.316 bits per heavy atom. The molecule has 19 heteroatoms. The van der Waals surface area contributed by atoms with E-state index in [1.165, 1.54) is 199 Å². The molecular formula is C79H150O17P2. The van der Waals surface area contributed by atoms with E-state index in [1.54, 1.807) is 0 Å². The lowest BCUT2D eigenvalue weighted by Crippen LogP contribution is -2.30. The maximum absolute atomic E-state index is 13.1. The molecule has 0 heterocycles. The standard InChI is InChI=1S/C79H150O17P2/c1-6-9-12-15-18-21-23-25-29-34-38-43-48-53-58-63-77(82)90-69-75(96-79(84)65-60-55-50-45-40-36-32-28-27-31-33-37-42-46-51-56-61-72(4)5)71-94-98(87,88)92-67-73(80)66-91-97(85,86)93-70-74(68-89-76(81)62-57-52-47-41-20-17-14-11-8-3)95-78(83)64-59-54-49-44-39-35-30-26-24-22-19-16-13-10-7-2/h21,23,25,29,72-75,80H,6-20,22,24,26-28,30-71H2,1-5H3,(H,85,86)(H,87,88)/b23-21-,29-25-/t73-,74+,75+/m0/s1. The molecule has 0 aliphatic rings. The first-order chi connectivity index (χ1) is 47.5. The van der Waals surface area contributed by atoms with Gasteiger partial charge in [-0.2, -0.15) is 0 Å². The third kappa shape index (κ3) is 71.9. The summed E-state index contributed by atoms with van der Waals surface area (Å²) in [5, 5.41) is 10.6. The summed E-state index contributed by atoms with van der Waals surface area (Å²) in [7, 11) is -9.92. The molecule has 0 aliphatic carbocycles. The van der Waals surface area contributed by atoms with Crippen molar-refractivity contribution in [2.75, 3.05) is 39.6 Å². The summed E-state index contributed by atoms with van der Waals surface area (Å²) >= 11 is 0. The van der Waals surface area contributed by atoms with Crippen molar-refractivity contribution in [1.82, 2.24) is 0 Å². The van der Waals surface area contributed by atoms with Gasteiger partial charge in [0.2, 0.25) is 0 Å². The number of carbonyl (C=O) groups is 4. The minimum atomic E-state index is -4.97.